The Labute approximate surface area is 151 Å². The molecule has 5 rings (SSSR count). The molecule has 0 radical (unpaired) electrons. The van der Waals surface area contributed by atoms with Crippen LogP contribution in [0.1, 0.15) is 37.4 Å². The molecule has 0 aromatic carbocycles. The zero-order valence-electron chi connectivity index (χ0n) is 14.9. The number of aromatic nitrogens is 6. The molecule has 0 spiro atoms. The predicted molar refractivity (Wildman–Crippen MR) is 98.4 cm³/mol. The van der Waals surface area contributed by atoms with Crippen LogP contribution in [0.25, 0.3) is 5.65 Å². The lowest BCUT2D eigenvalue weighted by atomic mass is 10.0. The fraction of sp³-hybridized carbons (Fsp3) is 0.500. The van der Waals surface area contributed by atoms with Crippen LogP contribution < -0.4 is 9.80 Å². The van der Waals surface area contributed by atoms with Crippen LogP contribution in [0.4, 0.5) is 11.6 Å². The minimum absolute atomic E-state index is 0.488. The zero-order valence-corrected chi connectivity index (χ0v) is 14.9. The average Bonchev–Trinajstić information content (AvgIpc) is 3.47. The summed E-state index contributed by atoms with van der Waals surface area (Å²) in [5.74, 6) is 3.55. The first kappa shape index (κ1) is 15.5. The van der Waals surface area contributed by atoms with Crippen LogP contribution in [-0.2, 0) is 0 Å². The van der Waals surface area contributed by atoms with Gasteiger partial charge in [-0.15, -0.1) is 15.3 Å². The second kappa shape index (κ2) is 6.19. The van der Waals surface area contributed by atoms with Crippen molar-refractivity contribution in [2.24, 2.45) is 0 Å². The van der Waals surface area contributed by atoms with E-state index in [0.29, 0.717) is 12.0 Å². The van der Waals surface area contributed by atoms with Gasteiger partial charge in [-0.2, -0.15) is 4.52 Å². The third-order valence-corrected chi connectivity index (χ3v) is 5.48. The van der Waals surface area contributed by atoms with Gasteiger partial charge in [-0.1, -0.05) is 0 Å². The molecule has 0 amide bonds. The van der Waals surface area contributed by atoms with Crippen molar-refractivity contribution in [2.75, 3.05) is 29.9 Å². The summed E-state index contributed by atoms with van der Waals surface area (Å²) in [6.07, 6.45) is 7.97. The van der Waals surface area contributed by atoms with Crippen molar-refractivity contribution in [3.8, 4) is 0 Å². The van der Waals surface area contributed by atoms with E-state index in [1.165, 1.54) is 12.8 Å². The highest BCUT2D eigenvalue weighted by Crippen LogP contribution is 2.38. The maximum absolute atomic E-state index is 4.83. The Morgan fingerprint density at radius 1 is 1.04 bits per heavy atom. The van der Waals surface area contributed by atoms with E-state index in [4.69, 9.17) is 5.10 Å². The maximum atomic E-state index is 4.83. The second-order valence-corrected chi connectivity index (χ2v) is 7.19. The smallest absolute Gasteiger partial charge is 0.178 e. The number of piperidine rings is 1. The van der Waals surface area contributed by atoms with Gasteiger partial charge in [-0.3, -0.25) is 0 Å². The van der Waals surface area contributed by atoms with Crippen LogP contribution in [0.3, 0.4) is 0 Å². The molecule has 1 aliphatic heterocycles. The molecule has 3 aromatic rings. The Kier molecular flexibility index (Phi) is 3.69. The van der Waals surface area contributed by atoms with Crippen molar-refractivity contribution in [3.05, 3.63) is 36.5 Å². The lowest BCUT2D eigenvalue weighted by molar-refractivity contribution is 0.476. The predicted octanol–water partition coefficient (Wildman–Crippen LogP) is 1.90. The molecule has 134 valence electrons. The van der Waals surface area contributed by atoms with Gasteiger partial charge in [0.1, 0.15) is 18.0 Å². The minimum Gasteiger partial charge on any atom is -0.356 e. The van der Waals surface area contributed by atoms with Crippen molar-refractivity contribution in [3.63, 3.8) is 0 Å². The SMILES string of the molecule is CN(c1ccncn1)C1CCN(c2ccc3nnc(C4CC4)n3n2)CC1. The largest absolute Gasteiger partial charge is 0.356 e. The van der Waals surface area contributed by atoms with E-state index >= 15 is 0 Å². The van der Waals surface area contributed by atoms with Crippen molar-refractivity contribution in [1.82, 2.24) is 29.8 Å². The standard InChI is InChI=1S/C18H22N8/c1-24(15-6-9-19-12-20-15)14-7-10-25(11-8-14)17-5-4-16-21-22-18(13-2-3-13)26(16)23-17/h4-6,9,12-14H,2-3,7-8,10-11H2,1H3. The first-order chi connectivity index (χ1) is 12.8. The molecule has 0 unspecified atom stereocenters. The van der Waals surface area contributed by atoms with Gasteiger partial charge >= 0.3 is 0 Å². The van der Waals surface area contributed by atoms with Crippen LogP contribution in [0.15, 0.2) is 30.7 Å². The van der Waals surface area contributed by atoms with E-state index in [1.807, 2.05) is 16.6 Å². The topological polar surface area (TPSA) is 75.3 Å². The molecular weight excluding hydrogens is 328 g/mol. The normalized spacial score (nSPS) is 18.4. The van der Waals surface area contributed by atoms with E-state index < -0.39 is 0 Å². The van der Waals surface area contributed by atoms with E-state index in [9.17, 15) is 0 Å². The number of nitrogens with zero attached hydrogens (tertiary/aromatic N) is 8. The van der Waals surface area contributed by atoms with Crippen molar-refractivity contribution in [1.29, 1.82) is 0 Å². The summed E-state index contributed by atoms with van der Waals surface area (Å²) in [6.45, 7) is 1.97. The first-order valence-corrected chi connectivity index (χ1v) is 9.26. The van der Waals surface area contributed by atoms with Gasteiger partial charge in [0.2, 0.25) is 0 Å². The molecule has 1 saturated carbocycles. The number of hydrogen-bond acceptors (Lipinski definition) is 7. The number of anilines is 2. The molecule has 4 heterocycles. The Morgan fingerprint density at radius 3 is 2.62 bits per heavy atom. The molecule has 0 N–H and O–H groups in total. The van der Waals surface area contributed by atoms with Crippen LogP contribution in [0.2, 0.25) is 0 Å². The summed E-state index contributed by atoms with van der Waals surface area (Å²) in [6, 6.07) is 6.55. The van der Waals surface area contributed by atoms with Crippen LogP contribution in [-0.4, -0.2) is 56.0 Å². The quantitative estimate of drug-likeness (QED) is 0.711. The third kappa shape index (κ3) is 2.75. The highest BCUT2D eigenvalue weighted by molar-refractivity contribution is 5.47. The van der Waals surface area contributed by atoms with Crippen molar-refractivity contribution >= 4 is 17.3 Å². The maximum Gasteiger partial charge on any atom is 0.178 e. The van der Waals surface area contributed by atoms with E-state index in [-0.39, 0.29) is 0 Å². The summed E-state index contributed by atoms with van der Waals surface area (Å²) >= 11 is 0. The van der Waals surface area contributed by atoms with E-state index in [0.717, 1.165) is 49.0 Å². The molecule has 1 aliphatic carbocycles. The van der Waals surface area contributed by atoms with E-state index in [1.54, 1.807) is 12.5 Å². The highest BCUT2D eigenvalue weighted by Gasteiger charge is 2.30. The Bertz CT molecular complexity index is 896. The van der Waals surface area contributed by atoms with Crippen molar-refractivity contribution < 1.29 is 0 Å². The fourth-order valence-electron chi connectivity index (χ4n) is 3.72. The van der Waals surface area contributed by atoms with Crippen molar-refractivity contribution in [2.45, 2.75) is 37.6 Å². The summed E-state index contributed by atoms with van der Waals surface area (Å²) in [7, 11) is 2.12. The molecule has 0 bridgehead atoms. The zero-order chi connectivity index (χ0) is 17.5. The van der Waals surface area contributed by atoms with Gasteiger partial charge < -0.3 is 9.80 Å². The third-order valence-electron chi connectivity index (χ3n) is 5.48. The second-order valence-electron chi connectivity index (χ2n) is 7.19. The molecule has 1 saturated heterocycles. The van der Waals surface area contributed by atoms with Crippen LogP contribution in [0, 0.1) is 0 Å². The monoisotopic (exact) mass is 350 g/mol. The van der Waals surface area contributed by atoms with Gasteiger partial charge in [-0.25, -0.2) is 9.97 Å². The van der Waals surface area contributed by atoms with E-state index in [2.05, 4.69) is 43.1 Å². The van der Waals surface area contributed by atoms with Gasteiger partial charge in [0, 0.05) is 38.3 Å². The van der Waals surface area contributed by atoms with Gasteiger partial charge in [0.15, 0.2) is 11.5 Å². The Morgan fingerprint density at radius 2 is 1.88 bits per heavy atom. The lowest BCUT2D eigenvalue weighted by Gasteiger charge is -2.37. The van der Waals surface area contributed by atoms with Gasteiger partial charge in [0.25, 0.3) is 0 Å². The van der Waals surface area contributed by atoms with Gasteiger partial charge in [-0.05, 0) is 43.9 Å². The Hall–Kier alpha value is -2.77. The van der Waals surface area contributed by atoms with Crippen LogP contribution in [0.5, 0.6) is 0 Å². The molecular formula is C18H22N8. The number of rotatable bonds is 4. The summed E-state index contributed by atoms with van der Waals surface area (Å²) in [4.78, 5) is 13.0. The number of hydrogen-bond donors (Lipinski definition) is 0. The van der Waals surface area contributed by atoms with Gasteiger partial charge in [0.05, 0.1) is 0 Å². The highest BCUT2D eigenvalue weighted by atomic mass is 15.4. The first-order valence-electron chi connectivity index (χ1n) is 9.26. The molecule has 2 aliphatic rings. The fourth-order valence-corrected chi connectivity index (χ4v) is 3.72. The Balaban J connectivity index is 1.31. The lowest BCUT2D eigenvalue weighted by Crippen LogP contribution is -2.44. The molecule has 2 fully saturated rings. The molecule has 8 heteroatoms. The van der Waals surface area contributed by atoms with Crippen LogP contribution >= 0.6 is 0 Å². The summed E-state index contributed by atoms with van der Waals surface area (Å²) < 4.78 is 1.94. The molecule has 0 atom stereocenters. The summed E-state index contributed by atoms with van der Waals surface area (Å²) in [5.41, 5.74) is 0.842. The minimum atomic E-state index is 0.488. The summed E-state index contributed by atoms with van der Waals surface area (Å²) in [5, 5.41) is 13.4. The average molecular weight is 350 g/mol. The number of fused-ring (bicyclic) bond motifs is 1. The molecule has 26 heavy (non-hydrogen) atoms. The molecule has 8 nitrogen and oxygen atoms in total. The molecule has 3 aromatic heterocycles.